The van der Waals surface area contributed by atoms with Gasteiger partial charge in [0.2, 0.25) is 24.0 Å². The van der Waals surface area contributed by atoms with Crippen LogP contribution in [0.1, 0.15) is 5.56 Å². The zero-order valence-electron chi connectivity index (χ0n) is 14.4. The minimum absolute atomic E-state index is 0.0629. The molecule has 2 aromatic carbocycles. The van der Waals surface area contributed by atoms with Gasteiger partial charge in [-0.1, -0.05) is 35.1 Å². The lowest BCUT2D eigenvalue weighted by Crippen LogP contribution is -2.07. The van der Waals surface area contributed by atoms with Gasteiger partial charge in [0.1, 0.15) is 10.8 Å². The van der Waals surface area contributed by atoms with E-state index in [2.05, 4.69) is 10.3 Å². The van der Waals surface area contributed by atoms with E-state index < -0.39 is 25.5 Å². The molecular formula is C17H14ClFN2O4S3. The first-order valence-corrected chi connectivity index (χ1v) is 12.3. The molecule has 1 N–H and O–H groups in total. The van der Waals surface area contributed by atoms with Crippen LogP contribution in [0.15, 0.2) is 62.8 Å². The summed E-state index contributed by atoms with van der Waals surface area (Å²) < 4.78 is 62.4. The highest BCUT2D eigenvalue weighted by molar-refractivity contribution is 7.93. The van der Waals surface area contributed by atoms with E-state index in [1.165, 1.54) is 48.5 Å². The maximum absolute atomic E-state index is 13.0. The molecule has 0 atom stereocenters. The molecule has 0 aliphatic rings. The van der Waals surface area contributed by atoms with Gasteiger partial charge in [0.15, 0.2) is 5.03 Å². The summed E-state index contributed by atoms with van der Waals surface area (Å²) in [5, 5.41) is 2.95. The van der Waals surface area contributed by atoms with Crippen molar-refractivity contribution in [3.05, 3.63) is 64.9 Å². The Bertz CT molecular complexity index is 1210. The van der Waals surface area contributed by atoms with Crippen LogP contribution in [0.5, 0.6) is 0 Å². The molecule has 0 amide bonds. The number of rotatable bonds is 6. The van der Waals surface area contributed by atoms with E-state index in [9.17, 15) is 21.2 Å². The number of anilines is 1. The zero-order chi connectivity index (χ0) is 20.5. The fraction of sp³-hybridized carbons (Fsp3) is 0.118. The molecule has 148 valence electrons. The molecule has 3 rings (SSSR count). The Morgan fingerprint density at radius 1 is 1.04 bits per heavy atom. The number of benzene rings is 2. The summed E-state index contributed by atoms with van der Waals surface area (Å²) in [6.07, 6.45) is 0.953. The minimum Gasteiger partial charge on any atom is -0.370 e. The first-order chi connectivity index (χ1) is 13.1. The standard InChI is InChI=1S/C17H14ClFN2O4S3/c1-27(22,23)17-21-16(28(24,25)14-8-4-12(18)5-9-14)15(26-17)20-10-11-2-6-13(19)7-3-11/h2-9,20H,10H2,1H3. The topological polar surface area (TPSA) is 93.2 Å². The van der Waals surface area contributed by atoms with Crippen molar-refractivity contribution in [3.63, 3.8) is 0 Å². The van der Waals surface area contributed by atoms with Crippen LogP contribution in [0.4, 0.5) is 9.39 Å². The van der Waals surface area contributed by atoms with Crippen LogP contribution in [0.3, 0.4) is 0 Å². The number of hydrogen-bond acceptors (Lipinski definition) is 7. The van der Waals surface area contributed by atoms with Crippen molar-refractivity contribution in [2.75, 3.05) is 11.6 Å². The van der Waals surface area contributed by atoms with E-state index in [0.29, 0.717) is 10.6 Å². The number of hydrogen-bond donors (Lipinski definition) is 1. The Morgan fingerprint density at radius 2 is 1.64 bits per heavy atom. The molecule has 0 bridgehead atoms. The fourth-order valence-corrected chi connectivity index (χ4v) is 5.89. The van der Waals surface area contributed by atoms with Gasteiger partial charge in [0, 0.05) is 17.8 Å². The molecule has 0 saturated carbocycles. The third-order valence-electron chi connectivity index (χ3n) is 3.64. The van der Waals surface area contributed by atoms with Gasteiger partial charge in [-0.15, -0.1) is 0 Å². The van der Waals surface area contributed by atoms with E-state index in [1.807, 2.05) is 0 Å². The van der Waals surface area contributed by atoms with Crippen LogP contribution >= 0.6 is 22.9 Å². The maximum atomic E-state index is 13.0. The van der Waals surface area contributed by atoms with Gasteiger partial charge in [-0.05, 0) is 42.0 Å². The molecule has 11 heteroatoms. The zero-order valence-corrected chi connectivity index (χ0v) is 17.6. The van der Waals surface area contributed by atoms with E-state index in [1.54, 1.807) is 0 Å². The van der Waals surface area contributed by atoms with E-state index >= 15 is 0 Å². The van der Waals surface area contributed by atoms with Crippen LogP contribution in [-0.4, -0.2) is 28.1 Å². The molecule has 0 unspecified atom stereocenters. The number of nitrogens with zero attached hydrogens (tertiary/aromatic N) is 1. The third-order valence-corrected chi connectivity index (χ3v) is 8.41. The number of sulfone groups is 2. The van der Waals surface area contributed by atoms with Crippen LogP contribution in [0, 0.1) is 5.82 Å². The molecule has 6 nitrogen and oxygen atoms in total. The molecule has 1 heterocycles. The first-order valence-electron chi connectivity index (χ1n) is 7.77. The molecule has 28 heavy (non-hydrogen) atoms. The predicted molar refractivity (Wildman–Crippen MR) is 106 cm³/mol. The summed E-state index contributed by atoms with van der Waals surface area (Å²) in [4.78, 5) is 3.80. The van der Waals surface area contributed by atoms with Crippen LogP contribution in [0.25, 0.3) is 0 Å². The lowest BCUT2D eigenvalue weighted by molar-refractivity contribution is 0.591. The molecular weight excluding hydrogens is 447 g/mol. The number of thiazole rings is 1. The largest absolute Gasteiger partial charge is 0.370 e. The predicted octanol–water partition coefficient (Wildman–Crippen LogP) is 3.78. The molecule has 0 radical (unpaired) electrons. The second-order valence-corrected chi connectivity index (χ2v) is 11.3. The van der Waals surface area contributed by atoms with Gasteiger partial charge in [0.25, 0.3) is 0 Å². The third kappa shape index (κ3) is 4.52. The number of halogens is 2. The maximum Gasteiger partial charge on any atom is 0.226 e. The van der Waals surface area contributed by atoms with E-state index in [4.69, 9.17) is 11.6 Å². The molecule has 0 aliphatic heterocycles. The van der Waals surface area contributed by atoms with Crippen LogP contribution in [0.2, 0.25) is 5.02 Å². The Morgan fingerprint density at radius 3 is 2.21 bits per heavy atom. The molecule has 0 spiro atoms. The van der Waals surface area contributed by atoms with Gasteiger partial charge in [-0.25, -0.2) is 26.2 Å². The second kappa shape index (κ2) is 7.78. The summed E-state index contributed by atoms with van der Waals surface area (Å²) >= 11 is 6.53. The lowest BCUT2D eigenvalue weighted by Gasteiger charge is -2.07. The van der Waals surface area contributed by atoms with Crippen molar-refractivity contribution in [2.24, 2.45) is 0 Å². The SMILES string of the molecule is CS(=O)(=O)c1nc(S(=O)(=O)c2ccc(Cl)cc2)c(NCc2ccc(F)cc2)s1. The van der Waals surface area contributed by atoms with Gasteiger partial charge < -0.3 is 5.32 Å². The van der Waals surface area contributed by atoms with Crippen molar-refractivity contribution < 1.29 is 21.2 Å². The van der Waals surface area contributed by atoms with Crippen LogP contribution < -0.4 is 5.32 Å². The average molecular weight is 461 g/mol. The van der Waals surface area contributed by atoms with Crippen LogP contribution in [-0.2, 0) is 26.2 Å². The van der Waals surface area contributed by atoms with Gasteiger partial charge >= 0.3 is 0 Å². The van der Waals surface area contributed by atoms with Crippen molar-refractivity contribution in [1.82, 2.24) is 4.98 Å². The molecule has 0 fully saturated rings. The Labute approximate surface area is 170 Å². The summed E-state index contributed by atoms with van der Waals surface area (Å²) in [5.41, 5.74) is 0.686. The molecule has 3 aromatic rings. The Kier molecular flexibility index (Phi) is 5.76. The summed E-state index contributed by atoms with van der Waals surface area (Å²) in [6.45, 7) is 0.162. The van der Waals surface area contributed by atoms with Crippen molar-refractivity contribution in [3.8, 4) is 0 Å². The highest BCUT2D eigenvalue weighted by Crippen LogP contribution is 2.35. The normalized spacial score (nSPS) is 12.1. The van der Waals surface area contributed by atoms with Crippen molar-refractivity contribution in [2.45, 2.75) is 20.8 Å². The van der Waals surface area contributed by atoms with Gasteiger partial charge in [-0.3, -0.25) is 0 Å². The summed E-state index contributed by atoms with van der Waals surface area (Å²) in [7, 11) is -7.79. The van der Waals surface area contributed by atoms with Crippen molar-refractivity contribution >= 4 is 47.6 Å². The first kappa shape index (κ1) is 20.7. The summed E-state index contributed by atoms with van der Waals surface area (Å²) in [6, 6.07) is 11.1. The molecule has 1 aromatic heterocycles. The minimum atomic E-state index is -4.08. The Hall–Kier alpha value is -2.01. The highest BCUT2D eigenvalue weighted by Gasteiger charge is 2.29. The molecule has 0 saturated heterocycles. The lowest BCUT2D eigenvalue weighted by atomic mass is 10.2. The van der Waals surface area contributed by atoms with Gasteiger partial charge in [0.05, 0.1) is 4.90 Å². The molecule has 0 aliphatic carbocycles. The van der Waals surface area contributed by atoms with E-state index in [0.717, 1.165) is 17.6 Å². The van der Waals surface area contributed by atoms with E-state index in [-0.39, 0.29) is 25.8 Å². The van der Waals surface area contributed by atoms with Crippen molar-refractivity contribution in [1.29, 1.82) is 0 Å². The van der Waals surface area contributed by atoms with Gasteiger partial charge in [-0.2, -0.15) is 0 Å². The number of aromatic nitrogens is 1. The second-order valence-electron chi connectivity index (χ2n) is 5.82. The fourth-order valence-electron chi connectivity index (χ4n) is 2.25. The monoisotopic (exact) mass is 460 g/mol. The smallest absolute Gasteiger partial charge is 0.226 e. The quantitative estimate of drug-likeness (QED) is 0.601. The number of nitrogens with one attached hydrogen (secondary N) is 1. The average Bonchev–Trinajstić information content (AvgIpc) is 3.07. The Balaban J connectivity index is 2.02. The highest BCUT2D eigenvalue weighted by atomic mass is 35.5. The summed E-state index contributed by atoms with van der Waals surface area (Å²) in [5.74, 6) is -0.396.